The molecule has 0 spiro atoms. The van der Waals surface area contributed by atoms with E-state index in [4.69, 9.17) is 0 Å². The van der Waals surface area contributed by atoms with Gasteiger partial charge in [0.25, 0.3) is 0 Å². The molecule has 1 aromatic carbocycles. The summed E-state index contributed by atoms with van der Waals surface area (Å²) >= 11 is 2.46. The van der Waals surface area contributed by atoms with E-state index in [1.165, 1.54) is 29.2 Å². The predicted octanol–water partition coefficient (Wildman–Crippen LogP) is 2.94. The normalized spacial score (nSPS) is 10.4. The van der Waals surface area contributed by atoms with Crippen molar-refractivity contribution < 1.29 is 9.18 Å². The van der Waals surface area contributed by atoms with Crippen molar-refractivity contribution in [2.75, 3.05) is 16.4 Å². The van der Waals surface area contributed by atoms with Crippen LogP contribution in [0.25, 0.3) is 0 Å². The van der Waals surface area contributed by atoms with Crippen LogP contribution in [0.2, 0.25) is 0 Å². The molecule has 0 atom stereocenters. The fourth-order valence-electron chi connectivity index (χ4n) is 1.65. The summed E-state index contributed by atoms with van der Waals surface area (Å²) in [5.74, 6) is -0.219. The summed E-state index contributed by atoms with van der Waals surface area (Å²) in [6, 6.07) is 7.96. The van der Waals surface area contributed by atoms with Crippen molar-refractivity contribution in [2.45, 2.75) is 4.34 Å². The van der Waals surface area contributed by atoms with E-state index < -0.39 is 0 Å². The van der Waals surface area contributed by atoms with Crippen molar-refractivity contribution in [2.24, 2.45) is 0 Å². The van der Waals surface area contributed by atoms with Gasteiger partial charge in [-0.1, -0.05) is 35.2 Å². The molecule has 0 radical (unpaired) electrons. The lowest BCUT2D eigenvalue weighted by atomic mass is 10.3. The third-order valence-electron chi connectivity index (χ3n) is 2.67. The molecule has 7 nitrogen and oxygen atoms in total. The number of benzene rings is 1. The Balaban J connectivity index is 1.53. The number of aromatic nitrogens is 4. The molecule has 0 saturated heterocycles. The SMILES string of the molecule is O=C(CSc1nnc(Nc2ccccc2F)s1)Nc1ncccn1. The second-order valence-electron chi connectivity index (χ2n) is 4.39. The molecule has 0 bridgehead atoms. The van der Waals surface area contributed by atoms with Crippen LogP contribution in [-0.2, 0) is 4.79 Å². The minimum absolute atomic E-state index is 0.145. The van der Waals surface area contributed by atoms with Crippen molar-refractivity contribution in [3.63, 3.8) is 0 Å². The first-order valence-corrected chi connectivity index (χ1v) is 8.55. The van der Waals surface area contributed by atoms with Gasteiger partial charge in [0.2, 0.25) is 17.0 Å². The second kappa shape index (κ2) is 7.79. The summed E-state index contributed by atoms with van der Waals surface area (Å²) < 4.78 is 14.2. The first kappa shape index (κ1) is 16.3. The van der Waals surface area contributed by atoms with Crippen molar-refractivity contribution in [3.05, 3.63) is 48.5 Å². The van der Waals surface area contributed by atoms with E-state index in [0.29, 0.717) is 15.2 Å². The summed E-state index contributed by atoms with van der Waals surface area (Å²) in [7, 11) is 0. The molecule has 2 heterocycles. The molecule has 0 aliphatic carbocycles. The smallest absolute Gasteiger partial charge is 0.237 e. The van der Waals surface area contributed by atoms with Gasteiger partial charge in [-0.3, -0.25) is 10.1 Å². The van der Waals surface area contributed by atoms with E-state index in [1.54, 1.807) is 36.7 Å². The minimum Gasteiger partial charge on any atom is -0.328 e. The van der Waals surface area contributed by atoms with Gasteiger partial charge >= 0.3 is 0 Å². The number of amides is 1. The fourth-order valence-corrected chi connectivity index (χ4v) is 3.21. The molecular formula is C14H11FN6OS2. The van der Waals surface area contributed by atoms with Crippen LogP contribution < -0.4 is 10.6 Å². The number of thioether (sulfide) groups is 1. The molecule has 3 rings (SSSR count). The number of carbonyl (C=O) groups excluding carboxylic acids is 1. The quantitative estimate of drug-likeness (QED) is 0.651. The molecule has 2 N–H and O–H groups in total. The molecule has 1 amide bonds. The Morgan fingerprint density at radius 2 is 1.96 bits per heavy atom. The molecule has 0 unspecified atom stereocenters. The molecule has 2 aromatic heterocycles. The average molecular weight is 362 g/mol. The molecule has 10 heteroatoms. The molecular weight excluding hydrogens is 351 g/mol. The number of halogens is 1. The Hall–Kier alpha value is -2.59. The minimum atomic E-state index is -0.371. The van der Waals surface area contributed by atoms with Crippen LogP contribution in [0, 0.1) is 5.82 Å². The highest BCUT2D eigenvalue weighted by Crippen LogP contribution is 2.28. The third-order valence-corrected chi connectivity index (χ3v) is 4.64. The van der Waals surface area contributed by atoms with Crippen LogP contribution in [0.1, 0.15) is 0 Å². The fraction of sp³-hybridized carbons (Fsp3) is 0.0714. The van der Waals surface area contributed by atoms with Gasteiger partial charge in [0.05, 0.1) is 11.4 Å². The lowest BCUT2D eigenvalue weighted by Crippen LogP contribution is -2.15. The summed E-state index contributed by atoms with van der Waals surface area (Å²) in [5, 5.41) is 13.8. The van der Waals surface area contributed by atoms with E-state index in [1.807, 2.05) is 0 Å². The number of carbonyl (C=O) groups is 1. The zero-order chi connectivity index (χ0) is 16.8. The van der Waals surface area contributed by atoms with E-state index >= 15 is 0 Å². The van der Waals surface area contributed by atoms with E-state index in [2.05, 4.69) is 30.8 Å². The Morgan fingerprint density at radius 3 is 2.75 bits per heavy atom. The van der Waals surface area contributed by atoms with Gasteiger partial charge in [-0.25, -0.2) is 14.4 Å². The Bertz CT molecular complexity index is 829. The highest BCUT2D eigenvalue weighted by molar-refractivity contribution is 8.01. The molecule has 0 saturated carbocycles. The number of para-hydroxylation sites is 1. The van der Waals surface area contributed by atoms with Crippen molar-refractivity contribution >= 4 is 45.8 Å². The maximum Gasteiger partial charge on any atom is 0.237 e. The highest BCUT2D eigenvalue weighted by Gasteiger charge is 2.10. The number of nitrogens with one attached hydrogen (secondary N) is 2. The van der Waals surface area contributed by atoms with Crippen LogP contribution in [0.5, 0.6) is 0 Å². The second-order valence-corrected chi connectivity index (χ2v) is 6.59. The number of nitrogens with zero attached hydrogens (tertiary/aromatic N) is 4. The molecule has 24 heavy (non-hydrogen) atoms. The van der Waals surface area contributed by atoms with Gasteiger partial charge in [-0.05, 0) is 18.2 Å². The van der Waals surface area contributed by atoms with Crippen LogP contribution in [-0.4, -0.2) is 31.8 Å². The number of hydrogen-bond donors (Lipinski definition) is 2. The summed E-state index contributed by atoms with van der Waals surface area (Å²) in [5.41, 5.74) is 0.323. The van der Waals surface area contributed by atoms with Crippen molar-refractivity contribution in [1.29, 1.82) is 0 Å². The topological polar surface area (TPSA) is 92.7 Å². The van der Waals surface area contributed by atoms with E-state index in [9.17, 15) is 9.18 Å². The largest absolute Gasteiger partial charge is 0.328 e. The number of anilines is 3. The Labute approximate surface area is 144 Å². The maximum atomic E-state index is 13.6. The van der Waals surface area contributed by atoms with Gasteiger partial charge in [0.1, 0.15) is 5.82 Å². The lowest BCUT2D eigenvalue weighted by Gasteiger charge is -2.02. The van der Waals surface area contributed by atoms with Crippen LogP contribution in [0.3, 0.4) is 0 Å². The third kappa shape index (κ3) is 4.46. The van der Waals surface area contributed by atoms with Gasteiger partial charge in [-0.15, -0.1) is 10.2 Å². The van der Waals surface area contributed by atoms with Crippen LogP contribution in [0.15, 0.2) is 47.1 Å². The first-order chi connectivity index (χ1) is 11.7. The van der Waals surface area contributed by atoms with Crippen LogP contribution >= 0.6 is 23.1 Å². The van der Waals surface area contributed by atoms with Gasteiger partial charge in [0, 0.05) is 12.4 Å². The zero-order valence-corrected chi connectivity index (χ0v) is 13.8. The van der Waals surface area contributed by atoms with Crippen LogP contribution in [0.4, 0.5) is 21.2 Å². The molecule has 0 aliphatic heterocycles. The number of hydrogen-bond acceptors (Lipinski definition) is 8. The Morgan fingerprint density at radius 1 is 1.17 bits per heavy atom. The summed E-state index contributed by atoms with van der Waals surface area (Å²) in [6.45, 7) is 0. The monoisotopic (exact) mass is 362 g/mol. The lowest BCUT2D eigenvalue weighted by molar-refractivity contribution is -0.113. The molecule has 122 valence electrons. The molecule has 0 fully saturated rings. The zero-order valence-electron chi connectivity index (χ0n) is 12.1. The highest BCUT2D eigenvalue weighted by atomic mass is 32.2. The maximum absolute atomic E-state index is 13.6. The summed E-state index contributed by atoms with van der Waals surface area (Å²) in [6.07, 6.45) is 3.09. The standard InChI is InChI=1S/C14H11FN6OS2/c15-9-4-1-2-5-10(9)18-13-20-21-14(24-13)23-8-11(22)19-12-16-6-3-7-17-12/h1-7H,8H2,(H,18,20)(H,16,17,19,22). The van der Waals surface area contributed by atoms with Gasteiger partial charge in [-0.2, -0.15) is 0 Å². The van der Waals surface area contributed by atoms with E-state index in [0.717, 1.165) is 0 Å². The average Bonchev–Trinajstić information content (AvgIpc) is 3.04. The van der Waals surface area contributed by atoms with Crippen molar-refractivity contribution in [3.8, 4) is 0 Å². The molecule has 0 aliphatic rings. The predicted molar refractivity (Wildman–Crippen MR) is 91.0 cm³/mol. The summed E-state index contributed by atoms with van der Waals surface area (Å²) in [4.78, 5) is 19.6. The van der Waals surface area contributed by atoms with E-state index in [-0.39, 0.29) is 23.4 Å². The van der Waals surface area contributed by atoms with Gasteiger partial charge in [0.15, 0.2) is 4.34 Å². The Kier molecular flexibility index (Phi) is 5.29. The van der Waals surface area contributed by atoms with Crippen molar-refractivity contribution in [1.82, 2.24) is 20.2 Å². The number of rotatable bonds is 6. The van der Waals surface area contributed by atoms with Gasteiger partial charge < -0.3 is 5.32 Å². The first-order valence-electron chi connectivity index (χ1n) is 6.75. The molecule has 3 aromatic rings.